The largest absolute Gasteiger partial charge is 0.465 e. The van der Waals surface area contributed by atoms with Gasteiger partial charge >= 0.3 is 5.97 Å². The van der Waals surface area contributed by atoms with Gasteiger partial charge in [-0.1, -0.05) is 23.7 Å². The molecule has 156 valence electrons. The van der Waals surface area contributed by atoms with Crippen molar-refractivity contribution in [1.82, 2.24) is 10.2 Å². The fourth-order valence-corrected chi connectivity index (χ4v) is 3.57. The van der Waals surface area contributed by atoms with Crippen molar-refractivity contribution in [3.05, 3.63) is 64.7 Å². The highest BCUT2D eigenvalue weighted by Gasteiger charge is 2.43. The summed E-state index contributed by atoms with van der Waals surface area (Å²) in [6.45, 7) is 0.343. The van der Waals surface area contributed by atoms with E-state index in [9.17, 15) is 14.4 Å². The number of thiocarbonyl (C=S) groups is 1. The molecule has 1 heterocycles. The van der Waals surface area contributed by atoms with Crippen LogP contribution in [0.2, 0.25) is 5.02 Å². The molecule has 0 spiro atoms. The van der Waals surface area contributed by atoms with E-state index in [-0.39, 0.29) is 18.2 Å². The minimum Gasteiger partial charge on any atom is -0.465 e. The molecular weight excluding hydrogens is 426 g/mol. The van der Waals surface area contributed by atoms with Crippen LogP contribution >= 0.6 is 23.8 Å². The Morgan fingerprint density at radius 3 is 2.40 bits per heavy atom. The van der Waals surface area contributed by atoms with Crippen LogP contribution in [0.5, 0.6) is 0 Å². The number of anilines is 1. The minimum atomic E-state index is -0.742. The van der Waals surface area contributed by atoms with E-state index < -0.39 is 12.0 Å². The number of carbonyl (C=O) groups is 3. The summed E-state index contributed by atoms with van der Waals surface area (Å²) in [6, 6.07) is 12.6. The Labute approximate surface area is 184 Å². The molecular formula is C21H20ClN3O4S. The average Bonchev–Trinajstić information content (AvgIpc) is 3.06. The van der Waals surface area contributed by atoms with Gasteiger partial charge in [-0.3, -0.25) is 9.59 Å². The molecule has 1 atom stereocenters. The van der Waals surface area contributed by atoms with Crippen molar-refractivity contribution < 1.29 is 19.1 Å². The maximum Gasteiger partial charge on any atom is 0.337 e. The molecule has 1 saturated heterocycles. The number of hydrogen-bond acceptors (Lipinski definition) is 5. The van der Waals surface area contributed by atoms with Gasteiger partial charge in [0.05, 0.1) is 24.8 Å². The van der Waals surface area contributed by atoms with Crippen LogP contribution in [0.3, 0.4) is 0 Å². The normalized spacial score (nSPS) is 15.8. The second kappa shape index (κ2) is 9.23. The summed E-state index contributed by atoms with van der Waals surface area (Å²) >= 11 is 11.3. The van der Waals surface area contributed by atoms with Gasteiger partial charge in [0.1, 0.15) is 6.04 Å². The number of nitrogens with zero attached hydrogens (tertiary/aromatic N) is 2. The fraction of sp³-hybridized carbons (Fsp3) is 0.238. The third-order valence-electron chi connectivity index (χ3n) is 4.79. The lowest BCUT2D eigenvalue weighted by Gasteiger charge is -2.29. The van der Waals surface area contributed by atoms with Crippen LogP contribution < -0.4 is 10.2 Å². The zero-order valence-corrected chi connectivity index (χ0v) is 18.0. The Kier molecular flexibility index (Phi) is 6.69. The topological polar surface area (TPSA) is 79.0 Å². The van der Waals surface area contributed by atoms with E-state index in [1.54, 1.807) is 36.2 Å². The number of esters is 1. The lowest BCUT2D eigenvalue weighted by molar-refractivity contribution is -0.122. The zero-order chi connectivity index (χ0) is 21.8. The van der Waals surface area contributed by atoms with E-state index >= 15 is 0 Å². The summed E-state index contributed by atoms with van der Waals surface area (Å²) in [4.78, 5) is 40.3. The number of ether oxygens (including phenoxy) is 1. The number of nitrogens with one attached hydrogen (secondary N) is 1. The number of amides is 2. The number of methoxy groups -OCH3 is 1. The molecule has 0 bridgehead atoms. The SMILES string of the molecule is CNC(=S)N(Cc1ccc(Cl)cc1)C1CC(=O)N(c2ccc(C(=O)OC)cc2)C1=O. The standard InChI is InChI=1S/C21H20ClN3O4S/c1-23-21(30)24(12-13-3-7-15(22)8-4-13)17-11-18(26)25(19(17)27)16-9-5-14(6-10-16)20(28)29-2/h3-10,17H,11-12H2,1-2H3,(H,23,30). The van der Waals surface area contributed by atoms with Gasteiger partial charge in [0.25, 0.3) is 5.91 Å². The van der Waals surface area contributed by atoms with Crippen molar-refractivity contribution in [3.63, 3.8) is 0 Å². The van der Waals surface area contributed by atoms with Gasteiger partial charge in [0, 0.05) is 18.6 Å². The Bertz CT molecular complexity index is 979. The Morgan fingerprint density at radius 2 is 1.83 bits per heavy atom. The van der Waals surface area contributed by atoms with Gasteiger partial charge in [-0.25, -0.2) is 9.69 Å². The first-order valence-electron chi connectivity index (χ1n) is 9.13. The molecule has 1 aliphatic heterocycles. The molecule has 1 aliphatic rings. The van der Waals surface area contributed by atoms with Crippen molar-refractivity contribution in [1.29, 1.82) is 0 Å². The summed E-state index contributed by atoms with van der Waals surface area (Å²) in [5.74, 6) is -1.21. The average molecular weight is 446 g/mol. The fourth-order valence-electron chi connectivity index (χ4n) is 3.25. The van der Waals surface area contributed by atoms with E-state index in [1.165, 1.54) is 19.2 Å². The third kappa shape index (κ3) is 4.44. The van der Waals surface area contributed by atoms with Crippen LogP contribution in [0.4, 0.5) is 5.69 Å². The number of hydrogen-bond donors (Lipinski definition) is 1. The molecule has 3 rings (SSSR count). The second-order valence-electron chi connectivity index (χ2n) is 6.64. The van der Waals surface area contributed by atoms with Gasteiger partial charge in [-0.15, -0.1) is 0 Å². The molecule has 0 aliphatic carbocycles. The van der Waals surface area contributed by atoms with Crippen LogP contribution in [-0.4, -0.2) is 48.0 Å². The lowest BCUT2D eigenvalue weighted by Crippen LogP contribution is -2.48. The first-order valence-corrected chi connectivity index (χ1v) is 9.92. The van der Waals surface area contributed by atoms with Crippen LogP contribution in [0, 0.1) is 0 Å². The van der Waals surface area contributed by atoms with Crippen molar-refractivity contribution >= 4 is 52.4 Å². The summed E-state index contributed by atoms with van der Waals surface area (Å²) in [5.41, 5.74) is 1.62. The van der Waals surface area contributed by atoms with Gasteiger partial charge in [-0.2, -0.15) is 0 Å². The summed E-state index contributed by atoms with van der Waals surface area (Å²) < 4.78 is 4.67. The maximum absolute atomic E-state index is 13.2. The number of carbonyl (C=O) groups excluding carboxylic acids is 3. The first kappa shape index (κ1) is 21.7. The molecule has 7 nitrogen and oxygen atoms in total. The Balaban J connectivity index is 1.85. The van der Waals surface area contributed by atoms with Crippen LogP contribution in [-0.2, 0) is 20.9 Å². The van der Waals surface area contributed by atoms with Gasteiger partial charge in [-0.05, 0) is 54.2 Å². The quantitative estimate of drug-likeness (QED) is 0.430. The van der Waals surface area contributed by atoms with E-state index in [0.29, 0.717) is 27.9 Å². The molecule has 0 aromatic heterocycles. The van der Waals surface area contributed by atoms with E-state index in [1.807, 2.05) is 12.1 Å². The maximum atomic E-state index is 13.2. The highest BCUT2D eigenvalue weighted by molar-refractivity contribution is 7.80. The molecule has 1 fully saturated rings. The molecule has 0 radical (unpaired) electrons. The number of benzene rings is 2. The number of halogens is 1. The number of rotatable bonds is 5. The summed E-state index contributed by atoms with van der Waals surface area (Å²) in [7, 11) is 2.95. The van der Waals surface area contributed by atoms with Crippen molar-refractivity contribution in [3.8, 4) is 0 Å². The van der Waals surface area contributed by atoms with Crippen LogP contribution in [0.15, 0.2) is 48.5 Å². The van der Waals surface area contributed by atoms with Crippen molar-refractivity contribution in [2.24, 2.45) is 0 Å². The Hall–Kier alpha value is -2.97. The predicted molar refractivity (Wildman–Crippen MR) is 117 cm³/mol. The summed E-state index contributed by atoms with van der Waals surface area (Å²) in [6.07, 6.45) is -0.00695. The van der Waals surface area contributed by atoms with Gasteiger partial charge < -0.3 is 15.0 Å². The molecule has 9 heteroatoms. The predicted octanol–water partition coefficient (Wildman–Crippen LogP) is 2.77. The monoisotopic (exact) mass is 445 g/mol. The van der Waals surface area contributed by atoms with Crippen molar-refractivity contribution in [2.75, 3.05) is 19.1 Å². The second-order valence-corrected chi connectivity index (χ2v) is 7.46. The molecule has 2 amide bonds. The van der Waals surface area contributed by atoms with Crippen molar-refractivity contribution in [2.45, 2.75) is 19.0 Å². The minimum absolute atomic E-state index is 0.00695. The molecule has 30 heavy (non-hydrogen) atoms. The highest BCUT2D eigenvalue weighted by Crippen LogP contribution is 2.27. The van der Waals surface area contributed by atoms with Gasteiger partial charge in [0.15, 0.2) is 5.11 Å². The van der Waals surface area contributed by atoms with E-state index in [2.05, 4.69) is 10.1 Å². The zero-order valence-electron chi connectivity index (χ0n) is 16.4. The van der Waals surface area contributed by atoms with Crippen LogP contribution in [0.25, 0.3) is 0 Å². The molecule has 2 aromatic carbocycles. The van der Waals surface area contributed by atoms with Gasteiger partial charge in [0.2, 0.25) is 5.91 Å². The summed E-state index contributed by atoms with van der Waals surface area (Å²) in [5, 5.41) is 3.85. The first-order chi connectivity index (χ1) is 14.3. The third-order valence-corrected chi connectivity index (χ3v) is 5.48. The van der Waals surface area contributed by atoms with Crippen LogP contribution in [0.1, 0.15) is 22.3 Å². The molecule has 1 unspecified atom stereocenters. The van der Waals surface area contributed by atoms with E-state index in [4.69, 9.17) is 23.8 Å². The lowest BCUT2D eigenvalue weighted by atomic mass is 10.1. The molecule has 0 saturated carbocycles. The smallest absolute Gasteiger partial charge is 0.337 e. The molecule has 2 aromatic rings. The number of imide groups is 1. The Morgan fingerprint density at radius 1 is 1.20 bits per heavy atom. The highest BCUT2D eigenvalue weighted by atomic mass is 35.5. The molecule has 1 N–H and O–H groups in total. The van der Waals surface area contributed by atoms with E-state index in [0.717, 1.165) is 10.5 Å².